The van der Waals surface area contributed by atoms with Gasteiger partial charge in [0.1, 0.15) is 29.4 Å². The van der Waals surface area contributed by atoms with E-state index in [0.29, 0.717) is 33.2 Å². The van der Waals surface area contributed by atoms with Gasteiger partial charge in [-0.15, -0.1) is 0 Å². The number of amides is 4. The number of alkyl halides is 6. The molecule has 2 aliphatic carbocycles. The number of aliphatic hydroxyl groups excluding tert-OH is 1. The predicted molar refractivity (Wildman–Crippen MR) is 183 cm³/mol. The third kappa shape index (κ3) is 5.71. The quantitative estimate of drug-likeness (QED) is 0.116. The van der Waals surface area contributed by atoms with Crippen molar-refractivity contribution in [2.24, 2.45) is 23.7 Å². The third-order valence-corrected chi connectivity index (χ3v) is 11.5. The van der Waals surface area contributed by atoms with E-state index in [-0.39, 0.29) is 36.1 Å². The molecule has 0 bridgehead atoms. The number of halogens is 8. The normalized spacial score (nSPS) is 26.3. The third-order valence-electron chi connectivity index (χ3n) is 11.2. The van der Waals surface area contributed by atoms with Gasteiger partial charge in [-0.1, -0.05) is 35.4 Å². The Kier molecular flexibility index (Phi) is 8.73. The fourth-order valence-electron chi connectivity index (χ4n) is 8.92. The highest BCUT2D eigenvalue weighted by Crippen LogP contribution is 2.64. The molecule has 2 saturated heterocycles. The summed E-state index contributed by atoms with van der Waals surface area (Å²) in [7, 11) is 0. The number of rotatable bonds is 6. The van der Waals surface area contributed by atoms with E-state index >= 15 is 4.79 Å². The Bertz CT molecular complexity index is 2290. The number of hydrogen-bond donors (Lipinski definition) is 2. The molecule has 3 fully saturated rings. The number of hydrogen-bond acceptors (Lipinski definition) is 7. The average molecular weight is 802 g/mol. The molecule has 1 aromatic heterocycles. The van der Waals surface area contributed by atoms with Crippen molar-refractivity contribution in [2.45, 2.75) is 43.1 Å². The van der Waals surface area contributed by atoms with Crippen LogP contribution in [0.15, 0.2) is 94.9 Å². The van der Waals surface area contributed by atoms with Crippen LogP contribution in [0.5, 0.6) is 0 Å². The van der Waals surface area contributed by atoms with Crippen molar-refractivity contribution in [3.63, 3.8) is 0 Å². The van der Waals surface area contributed by atoms with Gasteiger partial charge in [-0.25, -0.2) is 9.29 Å². The molecule has 9 nitrogen and oxygen atoms in total. The number of allylic oxidation sites excluding steroid dienone is 2. The molecule has 17 heteroatoms. The summed E-state index contributed by atoms with van der Waals surface area (Å²) in [6, 6.07) is 14.4. The standard InChI is InChI=1S/C39H27ClF7N3O6/c40-21-3-1-18(2-4-21)37-29(34(53)50(36(37)55)48-23-7-5-22(41)6-8-23)16-28-26(32(37)30-12-9-25(17-51)56-30)10-11-27-31(28)35(54)49(33(27)52)24-14-19(38(42,43)44)13-20(15-24)39(45,46)47/h1-10,12-15,27-29,31-32,48,51H,11,16-17H2/t27-,28+,29-,31-,32+,37+/m0/s1. The van der Waals surface area contributed by atoms with Crippen molar-refractivity contribution in [3.8, 4) is 0 Å². The number of fused-ring (bicyclic) bond motifs is 4. The Balaban J connectivity index is 1.29. The largest absolute Gasteiger partial charge is 0.463 e. The van der Waals surface area contributed by atoms with Crippen LogP contribution in [0.2, 0.25) is 5.02 Å². The van der Waals surface area contributed by atoms with Crippen LogP contribution >= 0.6 is 11.6 Å². The van der Waals surface area contributed by atoms with Gasteiger partial charge in [-0.2, -0.15) is 31.4 Å². The van der Waals surface area contributed by atoms with E-state index < -0.39 is 100 Å². The van der Waals surface area contributed by atoms with Gasteiger partial charge in [0.25, 0.3) is 11.8 Å². The molecule has 6 atom stereocenters. The number of carbonyl (C=O) groups excluding carboxylic acids is 4. The Morgan fingerprint density at radius 2 is 1.46 bits per heavy atom. The van der Waals surface area contributed by atoms with E-state index in [0.717, 1.165) is 17.1 Å². The Labute approximate surface area is 317 Å². The minimum Gasteiger partial charge on any atom is -0.463 e. The molecule has 4 amide bonds. The van der Waals surface area contributed by atoms with Crippen LogP contribution in [0.4, 0.5) is 42.1 Å². The lowest BCUT2D eigenvalue weighted by atomic mass is 9.50. The van der Waals surface area contributed by atoms with Crippen LogP contribution in [0, 0.1) is 29.5 Å². The molecule has 2 aliphatic heterocycles. The highest BCUT2D eigenvalue weighted by atomic mass is 35.5. The second-order valence-corrected chi connectivity index (χ2v) is 14.5. The van der Waals surface area contributed by atoms with Crippen molar-refractivity contribution >= 4 is 46.6 Å². The van der Waals surface area contributed by atoms with Crippen molar-refractivity contribution in [3.05, 3.63) is 130 Å². The summed E-state index contributed by atoms with van der Waals surface area (Å²) in [6.07, 6.45) is -9.39. The van der Waals surface area contributed by atoms with Crippen molar-refractivity contribution in [1.29, 1.82) is 0 Å². The lowest BCUT2D eigenvalue weighted by Crippen LogP contribution is -2.53. The Morgan fingerprint density at radius 3 is 2.05 bits per heavy atom. The number of nitrogens with zero attached hydrogens (tertiary/aromatic N) is 2. The molecule has 0 spiro atoms. The second-order valence-electron chi connectivity index (χ2n) is 14.1. The maximum atomic E-state index is 15.1. The highest BCUT2D eigenvalue weighted by molar-refractivity contribution is 6.30. The van der Waals surface area contributed by atoms with Gasteiger partial charge in [-0.3, -0.25) is 24.6 Å². The molecule has 56 heavy (non-hydrogen) atoms. The molecular weight excluding hydrogens is 775 g/mol. The van der Waals surface area contributed by atoms with Gasteiger partial charge >= 0.3 is 12.4 Å². The average Bonchev–Trinajstić information content (AvgIpc) is 3.79. The molecule has 290 valence electrons. The van der Waals surface area contributed by atoms with E-state index in [2.05, 4.69) is 5.43 Å². The minimum absolute atomic E-state index is 0.0839. The first kappa shape index (κ1) is 37.4. The smallest absolute Gasteiger partial charge is 0.416 e. The van der Waals surface area contributed by atoms with Gasteiger partial charge in [0.2, 0.25) is 11.8 Å². The van der Waals surface area contributed by atoms with Gasteiger partial charge in [0.05, 0.1) is 46.2 Å². The first-order chi connectivity index (χ1) is 26.4. The zero-order chi connectivity index (χ0) is 40.1. The molecular formula is C39H27ClF7N3O6. The molecule has 2 N–H and O–H groups in total. The fourth-order valence-corrected chi connectivity index (χ4v) is 9.05. The van der Waals surface area contributed by atoms with E-state index in [1.165, 1.54) is 36.4 Å². The molecule has 8 rings (SSSR count). The lowest BCUT2D eigenvalue weighted by Gasteiger charge is -2.49. The van der Waals surface area contributed by atoms with E-state index in [1.54, 1.807) is 18.2 Å². The molecule has 1 saturated carbocycles. The number of nitrogens with one attached hydrogen (secondary N) is 1. The number of imide groups is 2. The highest BCUT2D eigenvalue weighted by Gasteiger charge is 2.71. The number of hydrazine groups is 1. The zero-order valence-corrected chi connectivity index (χ0v) is 29.3. The van der Waals surface area contributed by atoms with Crippen molar-refractivity contribution < 1.29 is 59.4 Å². The predicted octanol–water partition coefficient (Wildman–Crippen LogP) is 7.79. The second kappa shape index (κ2) is 13.0. The summed E-state index contributed by atoms with van der Waals surface area (Å²) in [5.74, 6) is -10.3. The molecule has 4 aromatic rings. The summed E-state index contributed by atoms with van der Waals surface area (Å²) in [6.45, 7) is -0.554. The summed E-state index contributed by atoms with van der Waals surface area (Å²) in [4.78, 5) is 58.4. The summed E-state index contributed by atoms with van der Waals surface area (Å²) >= 11 is 6.25. The lowest BCUT2D eigenvalue weighted by molar-refractivity contribution is -0.143. The van der Waals surface area contributed by atoms with Gasteiger partial charge in [-0.05, 0) is 91.1 Å². The van der Waals surface area contributed by atoms with Gasteiger partial charge in [0.15, 0.2) is 0 Å². The summed E-state index contributed by atoms with van der Waals surface area (Å²) in [5, 5.41) is 11.0. The summed E-state index contributed by atoms with van der Waals surface area (Å²) in [5.41, 5.74) is -2.58. The first-order valence-corrected chi connectivity index (χ1v) is 17.6. The molecule has 3 heterocycles. The number of carbonyl (C=O) groups is 4. The molecule has 4 aliphatic rings. The topological polar surface area (TPSA) is 120 Å². The van der Waals surface area contributed by atoms with Crippen molar-refractivity contribution in [1.82, 2.24) is 5.01 Å². The minimum atomic E-state index is -5.26. The van der Waals surface area contributed by atoms with Crippen LogP contribution in [0.25, 0.3) is 0 Å². The number of aliphatic hydroxyl groups is 1. The van der Waals surface area contributed by atoms with Crippen LogP contribution in [0.1, 0.15) is 47.0 Å². The molecule has 0 radical (unpaired) electrons. The number of anilines is 2. The van der Waals surface area contributed by atoms with Crippen molar-refractivity contribution in [2.75, 3.05) is 10.3 Å². The van der Waals surface area contributed by atoms with Crippen LogP contribution < -0.4 is 10.3 Å². The van der Waals surface area contributed by atoms with Crippen LogP contribution in [-0.4, -0.2) is 33.7 Å². The molecule has 0 unspecified atom stereocenters. The van der Waals surface area contributed by atoms with Crippen LogP contribution in [-0.2, 0) is 43.6 Å². The van der Waals surface area contributed by atoms with E-state index in [1.807, 2.05) is 0 Å². The molecule has 3 aromatic carbocycles. The van der Waals surface area contributed by atoms with Gasteiger partial charge < -0.3 is 9.52 Å². The maximum absolute atomic E-state index is 15.1. The van der Waals surface area contributed by atoms with Crippen LogP contribution in [0.3, 0.4) is 0 Å². The summed E-state index contributed by atoms with van der Waals surface area (Å²) < 4.78 is 103. The monoisotopic (exact) mass is 801 g/mol. The Morgan fingerprint density at radius 1 is 0.821 bits per heavy atom. The number of furan rings is 1. The first-order valence-electron chi connectivity index (χ1n) is 17.2. The zero-order valence-electron chi connectivity index (χ0n) is 28.5. The Hall–Kier alpha value is -5.48. The number of benzene rings is 3. The van der Waals surface area contributed by atoms with Gasteiger partial charge in [0, 0.05) is 5.02 Å². The van der Waals surface area contributed by atoms with E-state index in [9.17, 15) is 50.2 Å². The maximum Gasteiger partial charge on any atom is 0.416 e. The fraction of sp³-hybridized carbons (Fsp3) is 0.282. The van der Waals surface area contributed by atoms with E-state index in [4.69, 9.17) is 16.0 Å². The SMILES string of the molecule is O=C1[C@@H]2C[C@@H]3C(=CC[C@@H]4C(=O)N(c5cc(C(F)(F)F)cc(C(F)(F)F)c5)C(=O)[C@@H]43)[C@H](c3ccc(CO)o3)[C@]2(c2ccc(Cl)cc2)C(=O)N1Nc1ccc(F)cc1.